The maximum Gasteiger partial charge on any atom is 0.146 e. The van der Waals surface area contributed by atoms with E-state index in [1.165, 1.54) is 6.07 Å². The van der Waals surface area contributed by atoms with Crippen LogP contribution in [0.1, 0.15) is 12.5 Å². The second kappa shape index (κ2) is 4.96. The highest BCUT2D eigenvalue weighted by molar-refractivity contribution is 5.46. The highest BCUT2D eigenvalue weighted by Crippen LogP contribution is 2.15. The first kappa shape index (κ1) is 11.0. The van der Waals surface area contributed by atoms with Crippen molar-refractivity contribution in [2.45, 2.75) is 20.0 Å². The molecule has 0 fully saturated rings. The molecular weight excluding hydrogens is 181 g/mol. The van der Waals surface area contributed by atoms with Crippen molar-refractivity contribution in [2.75, 3.05) is 19.0 Å². The monoisotopic (exact) mass is 197 g/mol. The van der Waals surface area contributed by atoms with E-state index < -0.39 is 0 Å². The topological polar surface area (TPSA) is 21.3 Å². The number of methoxy groups -OCH3 is 1. The van der Waals surface area contributed by atoms with Crippen LogP contribution in [-0.2, 0) is 4.74 Å². The molecule has 78 valence electrons. The molecule has 0 heterocycles. The van der Waals surface area contributed by atoms with Crippen molar-refractivity contribution in [2.24, 2.45) is 0 Å². The molecule has 0 saturated heterocycles. The molecule has 1 N–H and O–H groups in total. The number of halogens is 1. The Morgan fingerprint density at radius 2 is 2.21 bits per heavy atom. The summed E-state index contributed by atoms with van der Waals surface area (Å²) in [7, 11) is 1.64. The van der Waals surface area contributed by atoms with Gasteiger partial charge in [0.1, 0.15) is 5.82 Å². The van der Waals surface area contributed by atoms with Crippen molar-refractivity contribution in [1.29, 1.82) is 0 Å². The summed E-state index contributed by atoms with van der Waals surface area (Å²) in [6.07, 6.45) is 0.0794. The summed E-state index contributed by atoms with van der Waals surface area (Å²) in [6.45, 7) is 4.40. The maximum absolute atomic E-state index is 13.3. The molecule has 1 aromatic rings. The van der Waals surface area contributed by atoms with Crippen molar-refractivity contribution >= 4 is 5.69 Å². The number of anilines is 1. The molecule has 1 rings (SSSR count). The number of aryl methyl sites for hydroxylation is 1. The predicted octanol–water partition coefficient (Wildman–Crippen LogP) is 2.58. The summed E-state index contributed by atoms with van der Waals surface area (Å²) in [5.41, 5.74) is 1.45. The van der Waals surface area contributed by atoms with Crippen molar-refractivity contribution in [3.63, 3.8) is 0 Å². The first-order valence-electron chi connectivity index (χ1n) is 4.66. The van der Waals surface area contributed by atoms with Gasteiger partial charge in [0.15, 0.2) is 0 Å². The molecule has 14 heavy (non-hydrogen) atoms. The number of rotatable bonds is 4. The Morgan fingerprint density at radius 1 is 1.50 bits per heavy atom. The molecule has 1 aromatic carbocycles. The third kappa shape index (κ3) is 3.00. The number of hydrogen-bond donors (Lipinski definition) is 1. The lowest BCUT2D eigenvalue weighted by molar-refractivity contribution is 0.128. The van der Waals surface area contributed by atoms with Crippen LogP contribution in [0, 0.1) is 12.7 Å². The van der Waals surface area contributed by atoms with Gasteiger partial charge in [-0.2, -0.15) is 0 Å². The van der Waals surface area contributed by atoms with Gasteiger partial charge in [0.05, 0.1) is 11.8 Å². The molecule has 3 heteroatoms. The minimum absolute atomic E-state index is 0.0794. The Hall–Kier alpha value is -1.09. The quantitative estimate of drug-likeness (QED) is 0.801. The summed E-state index contributed by atoms with van der Waals surface area (Å²) in [5, 5.41) is 2.99. The van der Waals surface area contributed by atoms with Crippen LogP contribution in [0.4, 0.5) is 10.1 Å². The Bertz CT molecular complexity index is 301. The third-order valence-electron chi connectivity index (χ3n) is 2.11. The Morgan fingerprint density at radius 3 is 2.79 bits per heavy atom. The van der Waals surface area contributed by atoms with Crippen molar-refractivity contribution in [3.05, 3.63) is 29.6 Å². The second-order valence-corrected chi connectivity index (χ2v) is 3.41. The molecule has 2 nitrogen and oxygen atoms in total. The van der Waals surface area contributed by atoms with E-state index in [-0.39, 0.29) is 11.9 Å². The minimum atomic E-state index is -0.215. The zero-order valence-corrected chi connectivity index (χ0v) is 8.80. The summed E-state index contributed by atoms with van der Waals surface area (Å²) in [6, 6.07) is 5.13. The summed E-state index contributed by atoms with van der Waals surface area (Å²) in [5.74, 6) is -0.215. The lowest BCUT2D eigenvalue weighted by atomic mass is 10.2. The maximum atomic E-state index is 13.3. The molecule has 0 radical (unpaired) electrons. The molecule has 0 aliphatic rings. The fourth-order valence-electron chi connectivity index (χ4n) is 1.10. The van der Waals surface area contributed by atoms with E-state index in [0.29, 0.717) is 12.2 Å². The third-order valence-corrected chi connectivity index (χ3v) is 2.11. The smallest absolute Gasteiger partial charge is 0.146 e. The highest BCUT2D eigenvalue weighted by atomic mass is 19.1. The van der Waals surface area contributed by atoms with Gasteiger partial charge >= 0.3 is 0 Å². The Labute approximate surface area is 84.1 Å². The van der Waals surface area contributed by atoms with Crippen LogP contribution >= 0.6 is 0 Å². The molecule has 1 atom stereocenters. The van der Waals surface area contributed by atoms with Crippen LogP contribution in [0.2, 0.25) is 0 Å². The molecule has 0 aliphatic carbocycles. The van der Waals surface area contributed by atoms with Gasteiger partial charge in [-0.3, -0.25) is 0 Å². The Kier molecular flexibility index (Phi) is 3.89. The lowest BCUT2D eigenvalue weighted by Gasteiger charge is -2.12. The molecule has 1 unspecified atom stereocenters. The van der Waals surface area contributed by atoms with E-state index in [4.69, 9.17) is 4.74 Å². The average Bonchev–Trinajstić information content (AvgIpc) is 2.16. The number of benzene rings is 1. The van der Waals surface area contributed by atoms with E-state index in [0.717, 1.165) is 5.56 Å². The van der Waals surface area contributed by atoms with Crippen LogP contribution in [-0.4, -0.2) is 19.8 Å². The van der Waals surface area contributed by atoms with Crippen LogP contribution < -0.4 is 5.32 Å². The largest absolute Gasteiger partial charge is 0.380 e. The van der Waals surface area contributed by atoms with E-state index >= 15 is 0 Å². The van der Waals surface area contributed by atoms with Crippen molar-refractivity contribution < 1.29 is 9.13 Å². The van der Waals surface area contributed by atoms with Crippen LogP contribution in [0.25, 0.3) is 0 Å². The predicted molar refractivity (Wildman–Crippen MR) is 56.1 cm³/mol. The molecular formula is C11H16FNO. The molecule has 0 aliphatic heterocycles. The SMILES string of the molecule is COC(C)CNc1ccc(C)cc1F. The van der Waals surface area contributed by atoms with E-state index in [1.807, 2.05) is 19.9 Å². The van der Waals surface area contributed by atoms with Crippen LogP contribution in [0.5, 0.6) is 0 Å². The molecule has 0 saturated carbocycles. The van der Waals surface area contributed by atoms with E-state index in [9.17, 15) is 4.39 Å². The van der Waals surface area contributed by atoms with Crippen molar-refractivity contribution in [3.8, 4) is 0 Å². The molecule has 0 amide bonds. The van der Waals surface area contributed by atoms with Gasteiger partial charge in [0.25, 0.3) is 0 Å². The molecule has 0 aromatic heterocycles. The van der Waals surface area contributed by atoms with Gasteiger partial charge in [-0.25, -0.2) is 4.39 Å². The standard InChI is InChI=1S/C11H16FNO/c1-8-4-5-11(10(12)6-8)13-7-9(2)14-3/h4-6,9,13H,7H2,1-3H3. The van der Waals surface area contributed by atoms with E-state index in [2.05, 4.69) is 5.32 Å². The fourth-order valence-corrected chi connectivity index (χ4v) is 1.10. The lowest BCUT2D eigenvalue weighted by Crippen LogP contribution is -2.18. The average molecular weight is 197 g/mol. The first-order chi connectivity index (χ1) is 6.63. The Balaban J connectivity index is 2.59. The van der Waals surface area contributed by atoms with Crippen molar-refractivity contribution in [1.82, 2.24) is 0 Å². The zero-order chi connectivity index (χ0) is 10.6. The second-order valence-electron chi connectivity index (χ2n) is 3.41. The van der Waals surface area contributed by atoms with Gasteiger partial charge in [0.2, 0.25) is 0 Å². The summed E-state index contributed by atoms with van der Waals surface area (Å²) >= 11 is 0. The number of hydrogen-bond acceptors (Lipinski definition) is 2. The van der Waals surface area contributed by atoms with Crippen LogP contribution in [0.3, 0.4) is 0 Å². The van der Waals surface area contributed by atoms with Gasteiger partial charge in [-0.1, -0.05) is 6.07 Å². The minimum Gasteiger partial charge on any atom is -0.380 e. The van der Waals surface area contributed by atoms with Crippen LogP contribution in [0.15, 0.2) is 18.2 Å². The van der Waals surface area contributed by atoms with Gasteiger partial charge in [0, 0.05) is 13.7 Å². The molecule has 0 bridgehead atoms. The number of nitrogens with one attached hydrogen (secondary N) is 1. The van der Waals surface area contributed by atoms with Gasteiger partial charge < -0.3 is 10.1 Å². The first-order valence-corrected chi connectivity index (χ1v) is 4.66. The van der Waals surface area contributed by atoms with Gasteiger partial charge in [-0.05, 0) is 31.5 Å². The highest BCUT2D eigenvalue weighted by Gasteiger charge is 2.03. The zero-order valence-electron chi connectivity index (χ0n) is 8.80. The van der Waals surface area contributed by atoms with E-state index in [1.54, 1.807) is 13.2 Å². The summed E-state index contributed by atoms with van der Waals surface area (Å²) < 4.78 is 18.4. The number of ether oxygens (including phenoxy) is 1. The summed E-state index contributed by atoms with van der Waals surface area (Å²) in [4.78, 5) is 0. The molecule has 0 spiro atoms. The van der Waals surface area contributed by atoms with Gasteiger partial charge in [-0.15, -0.1) is 0 Å². The fraction of sp³-hybridized carbons (Fsp3) is 0.455. The normalized spacial score (nSPS) is 12.6.